The second-order valence-electron chi connectivity index (χ2n) is 11.2. The van der Waals surface area contributed by atoms with Crippen molar-refractivity contribution >= 4 is 0 Å². The van der Waals surface area contributed by atoms with Gasteiger partial charge in [0.15, 0.2) is 0 Å². The van der Waals surface area contributed by atoms with Crippen LogP contribution in [-0.2, 0) is 0 Å². The second kappa shape index (κ2) is 7.97. The number of allylic oxidation sites excluding steroid dienone is 8. The first-order valence-electron chi connectivity index (χ1n) is 12.3. The van der Waals surface area contributed by atoms with Crippen LogP contribution < -0.4 is 0 Å². The molecule has 0 bridgehead atoms. The fraction of sp³-hybridized carbons (Fsp3) is 0.655. The molecule has 164 valence electrons. The third-order valence-electron chi connectivity index (χ3n) is 9.42. The van der Waals surface area contributed by atoms with E-state index in [0.29, 0.717) is 29.1 Å². The van der Waals surface area contributed by atoms with Gasteiger partial charge in [-0.25, -0.2) is 0 Å². The zero-order valence-corrected chi connectivity index (χ0v) is 19.9. The van der Waals surface area contributed by atoms with Gasteiger partial charge in [-0.15, -0.1) is 0 Å². The van der Waals surface area contributed by atoms with E-state index in [2.05, 4.69) is 71.6 Å². The van der Waals surface area contributed by atoms with Gasteiger partial charge < -0.3 is 5.11 Å². The molecule has 1 heteroatoms. The van der Waals surface area contributed by atoms with E-state index in [1.807, 2.05) is 0 Å². The summed E-state index contributed by atoms with van der Waals surface area (Å²) >= 11 is 0. The van der Waals surface area contributed by atoms with Crippen molar-refractivity contribution in [1.82, 2.24) is 0 Å². The maximum absolute atomic E-state index is 10.2. The fourth-order valence-corrected chi connectivity index (χ4v) is 7.31. The molecule has 2 fully saturated rings. The lowest BCUT2D eigenvalue weighted by Crippen LogP contribution is -2.44. The van der Waals surface area contributed by atoms with Crippen LogP contribution >= 0.6 is 0 Å². The third kappa shape index (κ3) is 3.42. The van der Waals surface area contributed by atoms with Gasteiger partial charge >= 0.3 is 0 Å². The molecule has 0 heterocycles. The van der Waals surface area contributed by atoms with Crippen molar-refractivity contribution in [1.29, 1.82) is 0 Å². The summed E-state index contributed by atoms with van der Waals surface area (Å²) in [5.41, 5.74) is 6.60. The molecule has 4 rings (SSSR count). The first-order chi connectivity index (χ1) is 14.2. The molecule has 0 aromatic heterocycles. The standard InChI is InChI=1S/C29H42O/c1-7-21(19(2)3)9-8-20(4)25-12-13-26-24-11-10-22-18-23(30)14-16-28(22,5)27(24)15-17-29(25,26)6/h8-11,13,20-21,23,25,27,30H,2,7,12,14-18H2,1,3-6H3/b9-8+/t20-,21-,23?,25-,27+,28+,29-/m1/s1. The maximum atomic E-state index is 10.2. The first-order valence-corrected chi connectivity index (χ1v) is 12.3. The van der Waals surface area contributed by atoms with Crippen molar-refractivity contribution in [2.75, 3.05) is 0 Å². The van der Waals surface area contributed by atoms with Crippen LogP contribution in [0.25, 0.3) is 0 Å². The predicted molar refractivity (Wildman–Crippen MR) is 128 cm³/mol. The summed E-state index contributed by atoms with van der Waals surface area (Å²) in [7, 11) is 0. The lowest BCUT2D eigenvalue weighted by molar-refractivity contribution is 0.0719. The fourth-order valence-electron chi connectivity index (χ4n) is 7.31. The lowest BCUT2D eigenvalue weighted by atomic mass is 9.51. The van der Waals surface area contributed by atoms with Crippen LogP contribution in [-0.4, -0.2) is 11.2 Å². The van der Waals surface area contributed by atoms with Crippen LogP contribution in [0.1, 0.15) is 79.6 Å². The van der Waals surface area contributed by atoms with Gasteiger partial charge in [-0.2, -0.15) is 0 Å². The summed E-state index contributed by atoms with van der Waals surface area (Å²) in [5, 5.41) is 10.2. The Hall–Kier alpha value is -1.34. The first kappa shape index (κ1) is 21.9. The van der Waals surface area contributed by atoms with Crippen LogP contribution in [0.2, 0.25) is 0 Å². The van der Waals surface area contributed by atoms with E-state index in [9.17, 15) is 5.11 Å². The Balaban J connectivity index is 1.58. The summed E-state index contributed by atoms with van der Waals surface area (Å²) in [5.74, 6) is 2.43. The molecule has 0 aliphatic heterocycles. The molecule has 0 radical (unpaired) electrons. The molecule has 1 nitrogen and oxygen atoms in total. The van der Waals surface area contributed by atoms with E-state index in [1.165, 1.54) is 30.4 Å². The smallest absolute Gasteiger partial charge is 0.0578 e. The molecule has 0 aromatic rings. The number of aliphatic hydroxyl groups excluding tert-OH is 1. The molecule has 1 unspecified atom stereocenters. The van der Waals surface area contributed by atoms with Crippen LogP contribution in [0.5, 0.6) is 0 Å². The Labute approximate surface area is 184 Å². The Morgan fingerprint density at radius 2 is 1.93 bits per heavy atom. The topological polar surface area (TPSA) is 20.2 Å². The van der Waals surface area contributed by atoms with Gasteiger partial charge in [0.2, 0.25) is 0 Å². The van der Waals surface area contributed by atoms with E-state index in [1.54, 1.807) is 11.1 Å². The minimum absolute atomic E-state index is 0.137. The summed E-state index contributed by atoms with van der Waals surface area (Å²) in [6.07, 6.45) is 20.1. The van der Waals surface area contributed by atoms with E-state index in [4.69, 9.17) is 0 Å². The van der Waals surface area contributed by atoms with Crippen molar-refractivity contribution in [3.63, 3.8) is 0 Å². The van der Waals surface area contributed by atoms with E-state index < -0.39 is 0 Å². The van der Waals surface area contributed by atoms with Gasteiger partial charge in [-0.3, -0.25) is 0 Å². The van der Waals surface area contributed by atoms with Crippen LogP contribution in [0.4, 0.5) is 0 Å². The zero-order valence-electron chi connectivity index (χ0n) is 19.9. The SMILES string of the molecule is C=C(C)[C@@H](/C=C/[C@@H](C)[C@H]1CC=C2C3=CC=C4CC(O)CC[C@]4(C)[C@H]3CC[C@@]21C)CC. The average Bonchev–Trinajstić information content (AvgIpc) is 3.06. The van der Waals surface area contributed by atoms with E-state index >= 15 is 0 Å². The highest BCUT2D eigenvalue weighted by atomic mass is 16.3. The molecule has 0 spiro atoms. The molecule has 1 N–H and O–H groups in total. The number of hydrogen-bond acceptors (Lipinski definition) is 1. The zero-order chi connectivity index (χ0) is 21.7. The number of aliphatic hydroxyl groups is 1. The summed E-state index contributed by atoms with van der Waals surface area (Å²) in [4.78, 5) is 0. The van der Waals surface area contributed by atoms with Gasteiger partial charge in [-0.05, 0) is 97.5 Å². The molecule has 0 saturated heterocycles. The Morgan fingerprint density at radius 1 is 1.20 bits per heavy atom. The Bertz CT molecular complexity index is 823. The summed E-state index contributed by atoms with van der Waals surface area (Å²) < 4.78 is 0. The van der Waals surface area contributed by atoms with Crippen LogP contribution in [0.15, 0.2) is 59.3 Å². The summed E-state index contributed by atoms with van der Waals surface area (Å²) in [6.45, 7) is 16.0. The summed E-state index contributed by atoms with van der Waals surface area (Å²) in [6, 6.07) is 0. The molecule has 30 heavy (non-hydrogen) atoms. The molecule has 7 atom stereocenters. The average molecular weight is 407 g/mol. The van der Waals surface area contributed by atoms with Crippen LogP contribution in [0.3, 0.4) is 0 Å². The molecular formula is C29H42O. The molecule has 0 amide bonds. The normalized spacial score (nSPS) is 39.9. The van der Waals surface area contributed by atoms with Crippen molar-refractivity contribution in [2.24, 2.45) is 34.5 Å². The van der Waals surface area contributed by atoms with Gasteiger partial charge in [0.05, 0.1) is 6.10 Å². The minimum Gasteiger partial charge on any atom is -0.393 e. The Morgan fingerprint density at radius 3 is 2.63 bits per heavy atom. The molecule has 0 aromatic carbocycles. The quantitative estimate of drug-likeness (QED) is 0.467. The minimum atomic E-state index is -0.137. The molecular weight excluding hydrogens is 364 g/mol. The highest BCUT2D eigenvalue weighted by molar-refractivity contribution is 5.51. The molecule has 4 aliphatic carbocycles. The van der Waals surface area contributed by atoms with E-state index in [-0.39, 0.29) is 11.5 Å². The lowest BCUT2D eigenvalue weighted by Gasteiger charge is -2.53. The number of hydrogen-bond donors (Lipinski definition) is 1. The predicted octanol–water partition coefficient (Wildman–Crippen LogP) is 7.56. The Kier molecular flexibility index (Phi) is 5.81. The highest BCUT2D eigenvalue weighted by Gasteiger charge is 2.53. The van der Waals surface area contributed by atoms with E-state index in [0.717, 1.165) is 25.7 Å². The maximum Gasteiger partial charge on any atom is 0.0578 e. The third-order valence-corrected chi connectivity index (χ3v) is 9.42. The van der Waals surface area contributed by atoms with Crippen molar-refractivity contribution < 1.29 is 5.11 Å². The van der Waals surface area contributed by atoms with Gasteiger partial charge in [0.1, 0.15) is 0 Å². The number of rotatable bonds is 5. The molecule has 2 saturated carbocycles. The van der Waals surface area contributed by atoms with Crippen molar-refractivity contribution in [3.05, 3.63) is 59.3 Å². The van der Waals surface area contributed by atoms with Gasteiger partial charge in [-0.1, -0.05) is 75.8 Å². The van der Waals surface area contributed by atoms with Crippen LogP contribution in [0, 0.1) is 34.5 Å². The molecule has 4 aliphatic rings. The monoisotopic (exact) mass is 406 g/mol. The van der Waals surface area contributed by atoms with Gasteiger partial charge in [0, 0.05) is 0 Å². The largest absolute Gasteiger partial charge is 0.393 e. The highest BCUT2D eigenvalue weighted by Crippen LogP contribution is 2.64. The number of fused-ring (bicyclic) bond motifs is 5. The van der Waals surface area contributed by atoms with Crippen molar-refractivity contribution in [3.8, 4) is 0 Å². The van der Waals surface area contributed by atoms with Crippen molar-refractivity contribution in [2.45, 2.75) is 85.7 Å². The second-order valence-corrected chi connectivity index (χ2v) is 11.2. The van der Waals surface area contributed by atoms with Gasteiger partial charge in [0.25, 0.3) is 0 Å².